The fourth-order valence-electron chi connectivity index (χ4n) is 1.52. The molecule has 0 heterocycles. The maximum Gasteiger partial charge on any atom is 0.153 e. The third kappa shape index (κ3) is 18.2. The molecule has 0 atom stereocenters. The molecule has 0 bridgehead atoms. The van der Waals surface area contributed by atoms with Gasteiger partial charge in [-0.2, -0.15) is 0 Å². The van der Waals surface area contributed by atoms with Gasteiger partial charge in [-0.25, -0.2) is 0 Å². The lowest BCUT2D eigenvalue weighted by Crippen LogP contribution is -2.09. The third-order valence-electron chi connectivity index (χ3n) is 2.85. The number of thioether (sulfide) groups is 2. The van der Waals surface area contributed by atoms with Crippen molar-refractivity contribution in [2.75, 3.05) is 24.6 Å². The van der Waals surface area contributed by atoms with Crippen LogP contribution in [0, 0.1) is 0 Å². The summed E-state index contributed by atoms with van der Waals surface area (Å²) in [5.41, 5.74) is 11.7. The van der Waals surface area contributed by atoms with Crippen LogP contribution in [0.1, 0.15) is 58.8 Å². The highest BCUT2D eigenvalue weighted by molar-refractivity contribution is 8.93. The molecule has 0 aliphatic rings. The van der Waals surface area contributed by atoms with E-state index in [1.54, 1.807) is 23.5 Å². The number of nitrogens with two attached hydrogens (primary N) is 2. The predicted molar refractivity (Wildman–Crippen MR) is 112 cm³/mol. The Hall–Kier alpha value is 0.120. The Morgan fingerprint density at radius 3 is 1.50 bits per heavy atom. The summed E-state index contributed by atoms with van der Waals surface area (Å²) in [6.07, 6.45) is 8.17. The first-order valence-corrected chi connectivity index (χ1v) is 10.0. The Bertz CT molecular complexity index is 271. The van der Waals surface area contributed by atoms with Crippen LogP contribution < -0.4 is 11.5 Å². The van der Waals surface area contributed by atoms with Gasteiger partial charge in [-0.05, 0) is 25.7 Å². The molecule has 0 rings (SSSR count). The molecule has 0 saturated heterocycles. The molecule has 0 spiro atoms. The van der Waals surface area contributed by atoms with Crippen LogP contribution in [0.25, 0.3) is 0 Å². The minimum Gasteiger partial charge on any atom is -0.379 e. The molecular formula is C15H33BrN4S2. The summed E-state index contributed by atoms with van der Waals surface area (Å²) in [7, 11) is 0. The summed E-state index contributed by atoms with van der Waals surface area (Å²) >= 11 is 3.35. The second-order valence-electron chi connectivity index (χ2n) is 4.90. The monoisotopic (exact) mass is 412 g/mol. The van der Waals surface area contributed by atoms with Gasteiger partial charge in [0.25, 0.3) is 0 Å². The van der Waals surface area contributed by atoms with E-state index in [0.717, 1.165) is 47.8 Å². The van der Waals surface area contributed by atoms with Crippen LogP contribution in [0.4, 0.5) is 0 Å². The van der Waals surface area contributed by atoms with Crippen molar-refractivity contribution in [1.29, 1.82) is 0 Å². The molecule has 0 aromatic heterocycles. The molecule has 0 aliphatic carbocycles. The molecule has 0 unspecified atom stereocenters. The van der Waals surface area contributed by atoms with Crippen LogP contribution in [-0.2, 0) is 0 Å². The van der Waals surface area contributed by atoms with Crippen molar-refractivity contribution in [2.45, 2.75) is 58.8 Å². The predicted octanol–water partition coefficient (Wildman–Crippen LogP) is 4.43. The molecule has 0 radical (unpaired) electrons. The minimum atomic E-state index is 0. The normalized spacial score (nSPS) is 12.3. The number of rotatable bonds is 12. The zero-order chi connectivity index (χ0) is 15.8. The number of nitrogens with zero attached hydrogens (tertiary/aromatic N) is 2. The van der Waals surface area contributed by atoms with Crippen LogP contribution >= 0.6 is 40.5 Å². The smallest absolute Gasteiger partial charge is 0.153 e. The van der Waals surface area contributed by atoms with Crippen molar-refractivity contribution in [3.05, 3.63) is 0 Å². The SMILES string of the molecule is Br.CCCCN=C(N)SCCCCCSC(N)=NCCCC. The van der Waals surface area contributed by atoms with Crippen LogP contribution in [-0.4, -0.2) is 34.9 Å². The lowest BCUT2D eigenvalue weighted by molar-refractivity contribution is 0.786. The van der Waals surface area contributed by atoms with Crippen molar-refractivity contribution in [3.63, 3.8) is 0 Å². The fourth-order valence-corrected chi connectivity index (χ4v) is 3.00. The quantitative estimate of drug-likeness (QED) is 0.282. The van der Waals surface area contributed by atoms with E-state index in [9.17, 15) is 0 Å². The average Bonchev–Trinajstić information content (AvgIpc) is 2.47. The van der Waals surface area contributed by atoms with Crippen molar-refractivity contribution in [2.24, 2.45) is 21.5 Å². The van der Waals surface area contributed by atoms with Crippen LogP contribution in [0.15, 0.2) is 9.98 Å². The van der Waals surface area contributed by atoms with E-state index in [0.29, 0.717) is 0 Å². The fraction of sp³-hybridized carbons (Fsp3) is 0.867. The van der Waals surface area contributed by atoms with E-state index >= 15 is 0 Å². The molecule has 4 nitrogen and oxygen atoms in total. The van der Waals surface area contributed by atoms with Gasteiger partial charge in [-0.1, -0.05) is 56.6 Å². The Balaban J connectivity index is 0. The molecule has 0 fully saturated rings. The molecule has 132 valence electrons. The maximum absolute atomic E-state index is 5.83. The summed E-state index contributed by atoms with van der Waals surface area (Å²) in [5, 5.41) is 1.48. The van der Waals surface area contributed by atoms with Crippen molar-refractivity contribution >= 4 is 50.8 Å². The van der Waals surface area contributed by atoms with Gasteiger partial charge >= 0.3 is 0 Å². The topological polar surface area (TPSA) is 76.8 Å². The lowest BCUT2D eigenvalue weighted by atomic mass is 10.3. The summed E-state index contributed by atoms with van der Waals surface area (Å²) in [6, 6.07) is 0. The van der Waals surface area contributed by atoms with Gasteiger partial charge in [0.1, 0.15) is 0 Å². The van der Waals surface area contributed by atoms with Crippen LogP contribution in [0.2, 0.25) is 0 Å². The summed E-state index contributed by atoms with van der Waals surface area (Å²) in [5.74, 6) is 2.12. The van der Waals surface area contributed by atoms with E-state index in [2.05, 4.69) is 23.8 Å². The standard InChI is InChI=1S/C15H32N4S2.BrH/c1-3-5-10-18-14(16)20-12-8-7-9-13-21-15(17)19-11-6-4-2;/h3-13H2,1-2H3,(H2,16,18)(H2,17,19);1H. The largest absolute Gasteiger partial charge is 0.379 e. The number of halogens is 1. The first-order valence-electron chi connectivity index (χ1n) is 8.06. The highest BCUT2D eigenvalue weighted by Crippen LogP contribution is 2.10. The van der Waals surface area contributed by atoms with Crippen LogP contribution in [0.5, 0.6) is 0 Å². The number of unbranched alkanes of at least 4 members (excludes halogenated alkanes) is 4. The molecule has 0 aliphatic heterocycles. The first-order chi connectivity index (χ1) is 10.2. The molecule has 0 amide bonds. The number of amidine groups is 2. The molecular weight excluding hydrogens is 380 g/mol. The van der Waals surface area contributed by atoms with Gasteiger partial charge in [0.2, 0.25) is 0 Å². The Morgan fingerprint density at radius 1 is 0.727 bits per heavy atom. The second-order valence-corrected chi connectivity index (χ2v) is 7.14. The summed E-state index contributed by atoms with van der Waals surface area (Å²) in [6.45, 7) is 6.06. The van der Waals surface area contributed by atoms with Gasteiger partial charge in [-0.3, -0.25) is 9.98 Å². The number of aliphatic imine (C=N–C) groups is 2. The van der Waals surface area contributed by atoms with Gasteiger partial charge in [0.15, 0.2) is 10.3 Å². The molecule has 7 heteroatoms. The summed E-state index contributed by atoms with van der Waals surface area (Å²) in [4.78, 5) is 8.66. The Labute approximate surface area is 155 Å². The zero-order valence-electron chi connectivity index (χ0n) is 14.1. The minimum absolute atomic E-state index is 0. The van der Waals surface area contributed by atoms with Gasteiger partial charge in [-0.15, -0.1) is 17.0 Å². The molecule has 0 aromatic carbocycles. The van der Waals surface area contributed by atoms with Crippen molar-refractivity contribution in [1.82, 2.24) is 0 Å². The van der Waals surface area contributed by atoms with Crippen LogP contribution in [0.3, 0.4) is 0 Å². The Kier molecular flexibility index (Phi) is 21.2. The lowest BCUT2D eigenvalue weighted by Gasteiger charge is -2.03. The second kappa shape index (κ2) is 19.2. The van der Waals surface area contributed by atoms with E-state index in [-0.39, 0.29) is 17.0 Å². The maximum atomic E-state index is 5.83. The van der Waals surface area contributed by atoms with E-state index in [1.807, 2.05) is 0 Å². The number of hydrogen-bond donors (Lipinski definition) is 2. The van der Waals surface area contributed by atoms with Crippen molar-refractivity contribution in [3.8, 4) is 0 Å². The molecule has 22 heavy (non-hydrogen) atoms. The average molecular weight is 413 g/mol. The Morgan fingerprint density at radius 2 is 1.14 bits per heavy atom. The highest BCUT2D eigenvalue weighted by Gasteiger charge is 1.97. The van der Waals surface area contributed by atoms with E-state index in [1.165, 1.54) is 32.1 Å². The molecule has 4 N–H and O–H groups in total. The third-order valence-corrected chi connectivity index (χ3v) is 4.68. The highest BCUT2D eigenvalue weighted by atomic mass is 79.9. The van der Waals surface area contributed by atoms with E-state index < -0.39 is 0 Å². The van der Waals surface area contributed by atoms with Crippen molar-refractivity contribution < 1.29 is 0 Å². The summed E-state index contributed by atoms with van der Waals surface area (Å²) < 4.78 is 0. The zero-order valence-corrected chi connectivity index (χ0v) is 17.4. The van der Waals surface area contributed by atoms with Gasteiger partial charge < -0.3 is 11.5 Å². The molecule has 0 aromatic rings. The van der Waals surface area contributed by atoms with Gasteiger partial charge in [0.05, 0.1) is 0 Å². The molecule has 0 saturated carbocycles. The van der Waals surface area contributed by atoms with Gasteiger partial charge in [0, 0.05) is 24.6 Å². The van der Waals surface area contributed by atoms with E-state index in [4.69, 9.17) is 11.5 Å². The number of hydrogen-bond acceptors (Lipinski definition) is 4. The first kappa shape index (κ1) is 24.4.